The number of carbonyl (C=O) groups is 1. The van der Waals surface area contributed by atoms with E-state index in [4.69, 9.17) is 0 Å². The van der Waals surface area contributed by atoms with Gasteiger partial charge in [0.1, 0.15) is 4.60 Å². The van der Waals surface area contributed by atoms with Gasteiger partial charge in [-0.25, -0.2) is 17.4 Å². The first-order valence-electron chi connectivity index (χ1n) is 11.8. The van der Waals surface area contributed by atoms with Crippen LogP contribution < -0.4 is 4.90 Å². The van der Waals surface area contributed by atoms with Crippen LogP contribution in [-0.2, 0) is 20.2 Å². The molecule has 0 saturated heterocycles. The fourth-order valence-electron chi connectivity index (χ4n) is 5.86. The van der Waals surface area contributed by atoms with Crippen molar-refractivity contribution < 1.29 is 13.2 Å². The molecule has 2 aromatic carbocycles. The van der Waals surface area contributed by atoms with Crippen LogP contribution in [0.15, 0.2) is 76.4 Å². The van der Waals surface area contributed by atoms with Crippen LogP contribution in [-0.4, -0.2) is 30.3 Å². The Bertz CT molecular complexity index is 1570. The highest BCUT2D eigenvalue weighted by Crippen LogP contribution is 2.55. The van der Waals surface area contributed by atoms with E-state index in [0.29, 0.717) is 10.3 Å². The molecule has 0 atom stereocenters. The van der Waals surface area contributed by atoms with Gasteiger partial charge in [0.25, 0.3) is 10.0 Å². The Morgan fingerprint density at radius 3 is 2.23 bits per heavy atom. The molecule has 0 N–H and O–H groups in total. The lowest BCUT2D eigenvalue weighted by Crippen LogP contribution is -2.40. The van der Waals surface area contributed by atoms with E-state index in [9.17, 15) is 13.2 Å². The molecule has 35 heavy (non-hydrogen) atoms. The van der Waals surface area contributed by atoms with Gasteiger partial charge in [-0.2, -0.15) is 0 Å². The molecule has 6 nitrogen and oxygen atoms in total. The van der Waals surface area contributed by atoms with Crippen molar-refractivity contribution in [2.75, 3.05) is 11.9 Å². The molecular weight excluding hydrogens is 526 g/mol. The lowest BCUT2D eigenvalue weighted by atomic mass is 9.69. The van der Waals surface area contributed by atoms with Crippen molar-refractivity contribution in [3.8, 4) is 11.1 Å². The minimum absolute atomic E-state index is 0.0790. The maximum absolute atomic E-state index is 13.9. The van der Waals surface area contributed by atoms with Crippen LogP contribution in [0.25, 0.3) is 22.2 Å². The molecule has 1 spiro atoms. The Morgan fingerprint density at radius 2 is 1.57 bits per heavy atom. The third-order valence-electron chi connectivity index (χ3n) is 7.47. The highest BCUT2D eigenvalue weighted by Gasteiger charge is 2.52. The van der Waals surface area contributed by atoms with E-state index in [0.717, 1.165) is 59.9 Å². The molecule has 178 valence electrons. The van der Waals surface area contributed by atoms with E-state index in [1.807, 2.05) is 30.3 Å². The number of nitrogens with zero attached hydrogens (tertiary/aromatic N) is 3. The number of likely N-dealkylation sites (N-methyl/N-ethyl adjacent to an activating group) is 1. The molecule has 6 rings (SSSR count). The summed E-state index contributed by atoms with van der Waals surface area (Å²) in [6, 6.07) is 18.1. The summed E-state index contributed by atoms with van der Waals surface area (Å²) >= 11 is 3.66. The number of aromatic nitrogens is 2. The fraction of sp³-hybridized carbons (Fsp3) is 0.259. The van der Waals surface area contributed by atoms with Crippen molar-refractivity contribution in [3.63, 3.8) is 0 Å². The minimum atomic E-state index is -3.96. The highest BCUT2D eigenvalue weighted by atomic mass is 79.9. The second kappa shape index (κ2) is 8.03. The van der Waals surface area contributed by atoms with E-state index in [2.05, 4.69) is 20.9 Å². The molecule has 1 aliphatic carbocycles. The van der Waals surface area contributed by atoms with Crippen LogP contribution in [0.4, 0.5) is 5.69 Å². The Kier molecular flexibility index (Phi) is 5.16. The summed E-state index contributed by atoms with van der Waals surface area (Å²) in [6.45, 7) is 0. The van der Waals surface area contributed by atoms with Gasteiger partial charge in [0.2, 0.25) is 5.91 Å². The summed E-state index contributed by atoms with van der Waals surface area (Å²) in [7, 11) is -2.16. The Balaban J connectivity index is 1.77. The van der Waals surface area contributed by atoms with Crippen LogP contribution in [0.3, 0.4) is 0 Å². The molecule has 1 fully saturated rings. The van der Waals surface area contributed by atoms with Crippen molar-refractivity contribution in [1.82, 2.24) is 8.96 Å². The average molecular weight is 550 g/mol. The molecule has 0 radical (unpaired) electrons. The van der Waals surface area contributed by atoms with Gasteiger partial charge in [0.15, 0.2) is 5.65 Å². The summed E-state index contributed by atoms with van der Waals surface area (Å²) in [5, 5.41) is 0.736. The number of hydrogen-bond acceptors (Lipinski definition) is 4. The van der Waals surface area contributed by atoms with Gasteiger partial charge in [-0.3, -0.25) is 4.79 Å². The maximum atomic E-state index is 13.9. The van der Waals surface area contributed by atoms with Gasteiger partial charge in [0, 0.05) is 23.6 Å². The monoisotopic (exact) mass is 549 g/mol. The molecule has 2 aromatic heterocycles. The number of benzene rings is 2. The second-order valence-electron chi connectivity index (χ2n) is 9.34. The molecule has 1 amide bonds. The van der Waals surface area contributed by atoms with Crippen molar-refractivity contribution in [1.29, 1.82) is 0 Å². The Morgan fingerprint density at radius 1 is 0.943 bits per heavy atom. The molecule has 1 saturated carbocycles. The molecule has 3 heterocycles. The van der Waals surface area contributed by atoms with Gasteiger partial charge >= 0.3 is 0 Å². The molecule has 0 unspecified atom stereocenters. The standard InChI is InChI=1S/C27H24BrN3O3S/c1-30-20-17-29-25-22(23(20)27(26(30)32)15-9-4-10-16-27)21(18-11-5-2-6-12-18)24(28)31(25)35(33,34)19-13-7-3-8-14-19/h2-3,5-8,11-14,17H,4,9-10,15-16H2,1H3. The largest absolute Gasteiger partial charge is 0.313 e. The number of carbonyl (C=O) groups excluding carboxylic acids is 1. The van der Waals surface area contributed by atoms with Gasteiger partial charge in [0.05, 0.1) is 22.2 Å². The van der Waals surface area contributed by atoms with Crippen LogP contribution >= 0.6 is 15.9 Å². The number of fused-ring (bicyclic) bond motifs is 4. The van der Waals surface area contributed by atoms with Crippen LogP contribution in [0.2, 0.25) is 0 Å². The lowest BCUT2D eigenvalue weighted by Gasteiger charge is -2.32. The predicted octanol–water partition coefficient (Wildman–Crippen LogP) is 5.88. The number of hydrogen-bond donors (Lipinski definition) is 0. The van der Waals surface area contributed by atoms with Gasteiger partial charge < -0.3 is 4.90 Å². The zero-order valence-corrected chi connectivity index (χ0v) is 21.6. The van der Waals surface area contributed by atoms with Gasteiger partial charge in [-0.05, 0) is 46.5 Å². The third kappa shape index (κ3) is 3.09. The minimum Gasteiger partial charge on any atom is -0.313 e. The number of halogens is 1. The van der Waals surface area contributed by atoms with Crippen molar-refractivity contribution >= 4 is 48.6 Å². The second-order valence-corrected chi connectivity index (χ2v) is 11.9. The normalized spacial score (nSPS) is 17.3. The average Bonchev–Trinajstić information content (AvgIpc) is 3.30. The predicted molar refractivity (Wildman–Crippen MR) is 140 cm³/mol. The van der Waals surface area contributed by atoms with E-state index in [1.54, 1.807) is 48.5 Å². The fourth-order valence-corrected chi connectivity index (χ4v) is 8.41. The zero-order chi connectivity index (χ0) is 24.4. The van der Waals surface area contributed by atoms with Crippen molar-refractivity contribution in [2.45, 2.75) is 42.4 Å². The van der Waals surface area contributed by atoms with Gasteiger partial charge in [-0.15, -0.1) is 0 Å². The quantitative estimate of drug-likeness (QED) is 0.319. The topological polar surface area (TPSA) is 72.3 Å². The molecular formula is C27H24BrN3O3S. The molecule has 1 aliphatic heterocycles. The molecule has 2 aliphatic rings. The van der Waals surface area contributed by atoms with Crippen LogP contribution in [0.1, 0.15) is 37.7 Å². The first-order chi connectivity index (χ1) is 16.9. The summed E-state index contributed by atoms with van der Waals surface area (Å²) in [4.78, 5) is 20.3. The summed E-state index contributed by atoms with van der Waals surface area (Å²) in [5.74, 6) is 0.0790. The number of amides is 1. The number of anilines is 1. The summed E-state index contributed by atoms with van der Waals surface area (Å²) in [6.07, 6.45) is 6.20. The summed E-state index contributed by atoms with van der Waals surface area (Å²) < 4.78 is 29.6. The van der Waals surface area contributed by atoms with E-state index < -0.39 is 15.4 Å². The first-order valence-corrected chi connectivity index (χ1v) is 14.0. The first kappa shape index (κ1) is 22.5. The Hall–Kier alpha value is -2.97. The zero-order valence-electron chi connectivity index (χ0n) is 19.2. The molecule has 8 heteroatoms. The molecule has 0 bridgehead atoms. The van der Waals surface area contributed by atoms with Crippen LogP contribution in [0, 0.1) is 0 Å². The smallest absolute Gasteiger partial charge is 0.270 e. The maximum Gasteiger partial charge on any atom is 0.270 e. The summed E-state index contributed by atoms with van der Waals surface area (Å²) in [5.41, 5.74) is 2.98. The van der Waals surface area contributed by atoms with Crippen molar-refractivity contribution in [3.05, 3.63) is 77.0 Å². The Labute approximate surface area is 212 Å². The lowest BCUT2D eigenvalue weighted by molar-refractivity contribution is -0.124. The van der Waals surface area contributed by atoms with Gasteiger partial charge in [-0.1, -0.05) is 67.8 Å². The van der Waals surface area contributed by atoms with Crippen molar-refractivity contribution in [2.24, 2.45) is 0 Å². The number of rotatable bonds is 3. The third-order valence-corrected chi connectivity index (χ3v) is 10.2. The number of pyridine rings is 1. The molecule has 4 aromatic rings. The highest BCUT2D eigenvalue weighted by molar-refractivity contribution is 9.10. The van der Waals surface area contributed by atoms with Crippen LogP contribution in [0.5, 0.6) is 0 Å². The SMILES string of the molecule is CN1C(=O)C2(CCCCC2)c2c1cnc1c2c(-c2ccccc2)c(Br)n1S(=O)(=O)c1ccccc1. The van der Waals surface area contributed by atoms with E-state index >= 15 is 0 Å². The van der Waals surface area contributed by atoms with E-state index in [1.165, 1.54) is 3.97 Å². The van der Waals surface area contributed by atoms with E-state index in [-0.39, 0.29) is 10.8 Å².